The lowest BCUT2D eigenvalue weighted by Crippen LogP contribution is -2.47. The smallest absolute Gasteiger partial charge is 0.490 e. The summed E-state index contributed by atoms with van der Waals surface area (Å²) in [6.45, 7) is 4.54. The van der Waals surface area contributed by atoms with Crippen LogP contribution in [0, 0.1) is 17.2 Å². The number of rotatable bonds is 6. The lowest BCUT2D eigenvalue weighted by molar-refractivity contribution is -0.192. The van der Waals surface area contributed by atoms with Gasteiger partial charge in [0.25, 0.3) is 0 Å². The Morgan fingerprint density at radius 3 is 2.44 bits per heavy atom. The Labute approximate surface area is 181 Å². The number of nitriles is 1. The van der Waals surface area contributed by atoms with Crippen molar-refractivity contribution in [3.8, 4) is 11.8 Å². The molecule has 0 aliphatic carbocycles. The number of aromatic nitrogens is 2. The number of carbonyl (C=O) groups is 2. The molecule has 3 N–H and O–H groups in total. The predicted molar refractivity (Wildman–Crippen MR) is 108 cm³/mol. The van der Waals surface area contributed by atoms with Crippen LogP contribution in [0.2, 0.25) is 0 Å². The summed E-state index contributed by atoms with van der Waals surface area (Å²) < 4.78 is 37.0. The average Bonchev–Trinajstić information content (AvgIpc) is 2.73. The van der Waals surface area contributed by atoms with E-state index in [-0.39, 0.29) is 11.7 Å². The minimum absolute atomic E-state index is 0.0400. The number of nitrogens with one attached hydrogen (secondary N) is 2. The van der Waals surface area contributed by atoms with Crippen LogP contribution in [0.5, 0.6) is 5.75 Å². The summed E-state index contributed by atoms with van der Waals surface area (Å²) in [5.74, 6) is -1.46. The summed E-state index contributed by atoms with van der Waals surface area (Å²) in [6, 6.07) is 10.2. The van der Waals surface area contributed by atoms with Gasteiger partial charge in [-0.3, -0.25) is 5.01 Å². The first-order valence-electron chi connectivity index (χ1n) is 8.99. The molecule has 0 aliphatic rings. The molecule has 0 spiro atoms. The molecule has 2 amide bonds. The van der Waals surface area contributed by atoms with Crippen molar-refractivity contribution >= 4 is 23.5 Å². The van der Waals surface area contributed by atoms with Gasteiger partial charge in [0.1, 0.15) is 11.8 Å². The van der Waals surface area contributed by atoms with E-state index in [1.54, 1.807) is 29.3 Å². The Morgan fingerprint density at radius 1 is 1.28 bits per heavy atom. The van der Waals surface area contributed by atoms with Crippen LogP contribution in [-0.2, 0) is 4.79 Å². The molecule has 0 fully saturated rings. The number of carbonyl (C=O) groups excluding carboxylic acids is 1. The van der Waals surface area contributed by atoms with Crippen molar-refractivity contribution < 1.29 is 32.6 Å². The molecule has 2 aromatic rings. The summed E-state index contributed by atoms with van der Waals surface area (Å²) in [6.07, 6.45) is -3.60. The molecule has 0 atom stereocenters. The first kappa shape index (κ1) is 26.0. The molecule has 1 aromatic heterocycles. The number of alkyl halides is 3. The Morgan fingerprint density at radius 2 is 1.91 bits per heavy atom. The topological polar surface area (TPSA) is 140 Å². The van der Waals surface area contributed by atoms with Gasteiger partial charge in [0.15, 0.2) is 5.82 Å². The summed E-state index contributed by atoms with van der Waals surface area (Å²) in [5, 5.41) is 20.4. The van der Waals surface area contributed by atoms with Gasteiger partial charge in [0.05, 0.1) is 12.8 Å². The highest BCUT2D eigenvalue weighted by molar-refractivity contribution is 5.91. The quantitative estimate of drug-likeness (QED) is 0.565. The molecule has 0 radical (unpaired) electrons. The van der Waals surface area contributed by atoms with E-state index in [1.165, 1.54) is 13.3 Å². The zero-order valence-electron chi connectivity index (χ0n) is 17.3. The van der Waals surface area contributed by atoms with Gasteiger partial charge in [-0.2, -0.15) is 23.4 Å². The molecule has 0 bridgehead atoms. The zero-order chi connectivity index (χ0) is 24.3. The molecular formula is C19H21F3N6O4. The monoisotopic (exact) mass is 454 g/mol. The third-order valence-electron chi connectivity index (χ3n) is 3.40. The van der Waals surface area contributed by atoms with Gasteiger partial charge in [0.2, 0.25) is 5.82 Å². The van der Waals surface area contributed by atoms with Gasteiger partial charge >= 0.3 is 18.2 Å². The fourth-order valence-electron chi connectivity index (χ4n) is 2.14. The lowest BCUT2D eigenvalue weighted by atomic mass is 10.2. The molecule has 0 aliphatic heterocycles. The number of carboxylic acids is 1. The number of aliphatic carboxylic acids is 1. The van der Waals surface area contributed by atoms with Crippen molar-refractivity contribution in [3.05, 3.63) is 42.4 Å². The van der Waals surface area contributed by atoms with E-state index in [0.29, 0.717) is 23.8 Å². The third-order valence-corrected chi connectivity index (χ3v) is 3.40. The molecule has 0 saturated heterocycles. The maximum Gasteiger partial charge on any atom is 0.490 e. The lowest BCUT2D eigenvalue weighted by Gasteiger charge is -2.26. The Hall–Kier alpha value is -4.08. The van der Waals surface area contributed by atoms with E-state index in [2.05, 4.69) is 20.7 Å². The molecule has 0 saturated carbocycles. The maximum atomic E-state index is 12.4. The number of methoxy groups -OCH3 is 1. The van der Waals surface area contributed by atoms with Crippen LogP contribution >= 0.6 is 0 Å². The molecule has 2 rings (SSSR count). The number of hydrogen-bond acceptors (Lipinski definition) is 7. The van der Waals surface area contributed by atoms with E-state index in [1.807, 2.05) is 26.0 Å². The number of hydrogen-bond donors (Lipinski definition) is 3. The highest BCUT2D eigenvalue weighted by Crippen LogP contribution is 2.23. The maximum absolute atomic E-state index is 12.4. The number of benzene rings is 1. The van der Waals surface area contributed by atoms with Crippen molar-refractivity contribution in [2.75, 3.05) is 24.0 Å². The average molecular weight is 454 g/mol. The Kier molecular flexibility index (Phi) is 9.68. The number of nitrogens with zero attached hydrogens (tertiary/aromatic N) is 4. The Balaban J connectivity index is 0.000000633. The van der Waals surface area contributed by atoms with E-state index in [0.717, 1.165) is 0 Å². The fraction of sp³-hybridized carbons (Fsp3) is 0.316. The second-order valence-electron chi connectivity index (χ2n) is 6.42. The SMILES string of the molecule is COc1ccccc1NC(=O)NN(CC(C)C)c1ccnc(C#N)n1.O=C(O)C(F)(F)F. The van der Waals surface area contributed by atoms with Crippen molar-refractivity contribution in [1.82, 2.24) is 15.4 Å². The number of urea groups is 1. The first-order chi connectivity index (χ1) is 15.0. The number of ether oxygens (including phenoxy) is 1. The largest absolute Gasteiger partial charge is 0.495 e. The number of hydrazine groups is 1. The molecule has 172 valence electrons. The summed E-state index contributed by atoms with van der Waals surface area (Å²) >= 11 is 0. The second-order valence-corrected chi connectivity index (χ2v) is 6.42. The predicted octanol–water partition coefficient (Wildman–Crippen LogP) is 3.19. The fourth-order valence-corrected chi connectivity index (χ4v) is 2.14. The van der Waals surface area contributed by atoms with Crippen molar-refractivity contribution in [1.29, 1.82) is 5.26 Å². The van der Waals surface area contributed by atoms with Gasteiger partial charge in [0, 0.05) is 18.8 Å². The van der Waals surface area contributed by atoms with Gasteiger partial charge in [-0.25, -0.2) is 20.0 Å². The molecule has 1 heterocycles. The minimum Gasteiger partial charge on any atom is -0.495 e. The summed E-state index contributed by atoms with van der Waals surface area (Å²) in [4.78, 5) is 29.2. The van der Waals surface area contributed by atoms with E-state index < -0.39 is 18.2 Å². The zero-order valence-corrected chi connectivity index (χ0v) is 17.3. The van der Waals surface area contributed by atoms with Crippen LogP contribution in [0.1, 0.15) is 19.7 Å². The minimum atomic E-state index is -5.08. The van der Waals surface area contributed by atoms with Crippen LogP contribution in [0.25, 0.3) is 0 Å². The van der Waals surface area contributed by atoms with Gasteiger partial charge < -0.3 is 15.2 Å². The van der Waals surface area contributed by atoms with E-state index >= 15 is 0 Å². The van der Waals surface area contributed by atoms with Crippen LogP contribution in [0.3, 0.4) is 0 Å². The molecule has 32 heavy (non-hydrogen) atoms. The number of anilines is 2. The molecule has 13 heteroatoms. The van der Waals surface area contributed by atoms with E-state index in [9.17, 15) is 18.0 Å². The third kappa shape index (κ3) is 8.74. The van der Waals surface area contributed by atoms with Crippen molar-refractivity contribution in [2.45, 2.75) is 20.0 Å². The van der Waals surface area contributed by atoms with Gasteiger partial charge in [-0.15, -0.1) is 0 Å². The summed E-state index contributed by atoms with van der Waals surface area (Å²) in [5.41, 5.74) is 3.29. The van der Waals surface area contributed by atoms with Crippen LogP contribution in [0.4, 0.5) is 29.5 Å². The number of halogens is 3. The number of amides is 2. The van der Waals surface area contributed by atoms with Crippen LogP contribution in [0.15, 0.2) is 36.5 Å². The standard InChI is InChI=1S/C17H20N6O2.C2HF3O2/c1-12(2)11-23(16-8-9-19-15(10-18)21-16)22-17(24)20-13-6-4-5-7-14(13)25-3;3-2(4,5)1(6)7/h4-9,12H,11H2,1-3H3,(H2,20,22,24);(H,6,7). The van der Waals surface area contributed by atoms with Crippen molar-refractivity contribution in [3.63, 3.8) is 0 Å². The second kappa shape index (κ2) is 11.9. The number of carboxylic acid groups (broad SMARTS) is 1. The Bertz CT molecular complexity index is 963. The van der Waals surface area contributed by atoms with Crippen LogP contribution < -0.4 is 20.5 Å². The van der Waals surface area contributed by atoms with E-state index in [4.69, 9.17) is 19.9 Å². The molecule has 10 nitrogen and oxygen atoms in total. The highest BCUT2D eigenvalue weighted by atomic mass is 19.4. The summed E-state index contributed by atoms with van der Waals surface area (Å²) in [7, 11) is 1.54. The molecule has 1 aromatic carbocycles. The number of para-hydroxylation sites is 2. The highest BCUT2D eigenvalue weighted by Gasteiger charge is 2.38. The molecule has 0 unspecified atom stereocenters. The van der Waals surface area contributed by atoms with Gasteiger partial charge in [-0.1, -0.05) is 26.0 Å². The normalized spacial score (nSPS) is 10.3. The van der Waals surface area contributed by atoms with Crippen LogP contribution in [-0.4, -0.2) is 46.9 Å². The molecular weight excluding hydrogens is 433 g/mol. The van der Waals surface area contributed by atoms with Gasteiger partial charge in [-0.05, 0) is 18.1 Å². The first-order valence-corrected chi connectivity index (χ1v) is 8.99. The van der Waals surface area contributed by atoms with Crippen molar-refractivity contribution in [2.24, 2.45) is 5.92 Å².